The van der Waals surface area contributed by atoms with Gasteiger partial charge in [-0.1, -0.05) is 24.3 Å². The smallest absolute Gasteiger partial charge is 0.336 e. The average molecular weight is 586 g/mol. The van der Waals surface area contributed by atoms with Crippen LogP contribution >= 0.6 is 0 Å². The van der Waals surface area contributed by atoms with Gasteiger partial charge in [-0.05, 0) is 59.7 Å². The summed E-state index contributed by atoms with van der Waals surface area (Å²) in [5, 5.41) is 57.7. The van der Waals surface area contributed by atoms with Crippen molar-refractivity contribution in [3.63, 3.8) is 0 Å². The molecule has 13 nitrogen and oxygen atoms in total. The molecular formula is C30H18O13. The van der Waals surface area contributed by atoms with Gasteiger partial charge in [-0.2, -0.15) is 0 Å². The molecule has 0 saturated heterocycles. The number of benzene rings is 4. The third-order valence-electron chi connectivity index (χ3n) is 6.27. The van der Waals surface area contributed by atoms with E-state index in [1.165, 1.54) is 48.5 Å². The Kier molecular flexibility index (Phi) is 7.91. The molecule has 0 saturated carbocycles. The first kappa shape index (κ1) is 29.5. The topological polar surface area (TPSA) is 233 Å². The number of aromatic carboxylic acids is 6. The van der Waals surface area contributed by atoms with Gasteiger partial charge in [0.05, 0.1) is 33.4 Å². The summed E-state index contributed by atoms with van der Waals surface area (Å²) in [6, 6.07) is 13.8. The second kappa shape index (κ2) is 11.5. The lowest BCUT2D eigenvalue weighted by atomic mass is 9.93. The molecule has 0 aliphatic rings. The minimum Gasteiger partial charge on any atom is -0.478 e. The predicted octanol–water partition coefficient (Wildman–Crippen LogP) is 5.00. The lowest BCUT2D eigenvalue weighted by Gasteiger charge is -2.18. The number of carboxylic acid groups (broad SMARTS) is 6. The van der Waals surface area contributed by atoms with Gasteiger partial charge in [0.2, 0.25) is 0 Å². The Balaban J connectivity index is 1.99. The molecule has 0 radical (unpaired) electrons. The van der Waals surface area contributed by atoms with Gasteiger partial charge >= 0.3 is 35.8 Å². The first-order valence-corrected chi connectivity index (χ1v) is 11.9. The minimum absolute atomic E-state index is 0.0506. The van der Waals surface area contributed by atoms with Crippen LogP contribution in [0.15, 0.2) is 72.8 Å². The van der Waals surface area contributed by atoms with E-state index in [0.29, 0.717) is 0 Å². The Bertz CT molecular complexity index is 1740. The maximum Gasteiger partial charge on any atom is 0.336 e. The number of hydrogen-bond acceptors (Lipinski definition) is 7. The largest absolute Gasteiger partial charge is 0.478 e. The van der Waals surface area contributed by atoms with Gasteiger partial charge in [-0.15, -0.1) is 0 Å². The van der Waals surface area contributed by atoms with E-state index in [0.717, 1.165) is 24.3 Å². The van der Waals surface area contributed by atoms with Crippen molar-refractivity contribution in [1.82, 2.24) is 0 Å². The van der Waals surface area contributed by atoms with E-state index in [-0.39, 0.29) is 44.9 Å². The number of rotatable bonds is 10. The molecule has 4 rings (SSSR count). The molecule has 0 atom stereocenters. The highest BCUT2D eigenvalue weighted by molar-refractivity contribution is 6.06. The van der Waals surface area contributed by atoms with E-state index < -0.39 is 58.1 Å². The molecule has 4 aromatic carbocycles. The van der Waals surface area contributed by atoms with Crippen LogP contribution in [0.2, 0.25) is 0 Å². The SMILES string of the molecule is O=C(O)c1ccc(-c2c(Oc3cccc(C(=O)O)c3-c3ccc(C(=O)O)c(C(=O)O)c3)cccc2C(=O)O)cc1C(=O)O. The van der Waals surface area contributed by atoms with Gasteiger partial charge in [-0.25, -0.2) is 28.8 Å². The minimum atomic E-state index is -1.59. The van der Waals surface area contributed by atoms with E-state index >= 15 is 0 Å². The Morgan fingerprint density at radius 3 is 1.02 bits per heavy atom. The molecule has 0 bridgehead atoms. The molecule has 4 aromatic rings. The second-order valence-electron chi connectivity index (χ2n) is 8.81. The number of hydrogen-bond donors (Lipinski definition) is 6. The van der Waals surface area contributed by atoms with Crippen LogP contribution in [0.3, 0.4) is 0 Å². The van der Waals surface area contributed by atoms with E-state index in [1.807, 2.05) is 0 Å². The lowest BCUT2D eigenvalue weighted by molar-refractivity contribution is 0.0651. The third kappa shape index (κ3) is 5.71. The van der Waals surface area contributed by atoms with Crippen LogP contribution in [0.5, 0.6) is 11.5 Å². The van der Waals surface area contributed by atoms with Gasteiger partial charge in [0, 0.05) is 11.1 Å². The first-order valence-electron chi connectivity index (χ1n) is 11.9. The monoisotopic (exact) mass is 586 g/mol. The quantitative estimate of drug-likeness (QED) is 0.144. The first-order chi connectivity index (χ1) is 20.3. The van der Waals surface area contributed by atoms with Crippen molar-refractivity contribution in [2.45, 2.75) is 0 Å². The number of carbonyl (C=O) groups is 6. The van der Waals surface area contributed by atoms with E-state index in [2.05, 4.69) is 0 Å². The fourth-order valence-corrected chi connectivity index (χ4v) is 4.43. The maximum atomic E-state index is 12.2. The molecule has 0 spiro atoms. The van der Waals surface area contributed by atoms with Gasteiger partial charge in [0.15, 0.2) is 0 Å². The highest BCUT2D eigenvalue weighted by atomic mass is 16.5. The lowest BCUT2D eigenvalue weighted by Crippen LogP contribution is -2.09. The van der Waals surface area contributed by atoms with Gasteiger partial charge in [0.1, 0.15) is 11.5 Å². The Morgan fingerprint density at radius 1 is 0.395 bits per heavy atom. The normalized spacial score (nSPS) is 10.5. The van der Waals surface area contributed by atoms with Crippen LogP contribution in [0.1, 0.15) is 62.1 Å². The van der Waals surface area contributed by atoms with E-state index in [4.69, 9.17) is 4.74 Å². The average Bonchev–Trinajstić information content (AvgIpc) is 2.96. The summed E-state index contributed by atoms with van der Waals surface area (Å²) in [5.41, 5.74) is -3.56. The summed E-state index contributed by atoms with van der Waals surface area (Å²) >= 11 is 0. The zero-order valence-electron chi connectivity index (χ0n) is 21.5. The molecular weight excluding hydrogens is 568 g/mol. The third-order valence-corrected chi connectivity index (χ3v) is 6.27. The summed E-state index contributed by atoms with van der Waals surface area (Å²) < 4.78 is 6.03. The van der Waals surface area contributed by atoms with Crippen molar-refractivity contribution in [1.29, 1.82) is 0 Å². The highest BCUT2D eigenvalue weighted by Gasteiger charge is 2.25. The van der Waals surface area contributed by atoms with Crippen molar-refractivity contribution in [3.05, 3.63) is 106 Å². The van der Waals surface area contributed by atoms with Crippen LogP contribution < -0.4 is 4.74 Å². The van der Waals surface area contributed by atoms with Crippen LogP contribution in [0, 0.1) is 0 Å². The molecule has 0 aromatic heterocycles. The standard InChI is InChI=1S/C30H18O13/c31-25(32)15-9-7-13(11-19(15)29(39)40)23-17(27(35)36)3-1-5-21(23)43-22-6-2-4-18(28(37)38)24(22)14-8-10-16(26(33)34)20(12-14)30(41)42/h1-12H,(H,31,32)(H,33,34)(H,35,36)(H,37,38)(H,39,40)(H,41,42). The summed E-state index contributed by atoms with van der Waals surface area (Å²) in [7, 11) is 0. The molecule has 216 valence electrons. The Morgan fingerprint density at radius 2 is 0.721 bits per heavy atom. The molecule has 13 heteroatoms. The molecule has 6 N–H and O–H groups in total. The van der Waals surface area contributed by atoms with E-state index in [9.17, 15) is 59.4 Å². The summed E-state index contributed by atoms with van der Waals surface area (Å²) in [6.07, 6.45) is 0. The highest BCUT2D eigenvalue weighted by Crippen LogP contribution is 2.42. The van der Waals surface area contributed by atoms with Crippen LogP contribution in [-0.2, 0) is 0 Å². The number of carboxylic acids is 6. The zero-order valence-corrected chi connectivity index (χ0v) is 21.5. The molecule has 0 fully saturated rings. The van der Waals surface area contributed by atoms with E-state index in [1.54, 1.807) is 0 Å². The molecule has 43 heavy (non-hydrogen) atoms. The van der Waals surface area contributed by atoms with Crippen LogP contribution in [0.25, 0.3) is 22.3 Å². The molecule has 0 unspecified atom stereocenters. The van der Waals surface area contributed by atoms with Gasteiger partial charge in [-0.3, -0.25) is 0 Å². The zero-order chi connectivity index (χ0) is 31.6. The molecule has 0 amide bonds. The van der Waals surface area contributed by atoms with Gasteiger partial charge < -0.3 is 35.4 Å². The predicted molar refractivity (Wildman–Crippen MR) is 146 cm³/mol. The molecule has 0 heterocycles. The fourth-order valence-electron chi connectivity index (χ4n) is 4.43. The number of ether oxygens (including phenoxy) is 1. The summed E-state index contributed by atoms with van der Waals surface area (Å²) in [5.74, 6) is -9.56. The molecule has 0 aliphatic heterocycles. The summed E-state index contributed by atoms with van der Waals surface area (Å²) in [6.45, 7) is 0. The second-order valence-corrected chi connectivity index (χ2v) is 8.81. The van der Waals surface area contributed by atoms with Crippen LogP contribution in [0.4, 0.5) is 0 Å². The summed E-state index contributed by atoms with van der Waals surface area (Å²) in [4.78, 5) is 71.0. The fraction of sp³-hybridized carbons (Fsp3) is 0. The van der Waals surface area contributed by atoms with Gasteiger partial charge in [0.25, 0.3) is 0 Å². The Labute approximate surface area is 240 Å². The van der Waals surface area contributed by atoms with Crippen molar-refractivity contribution in [2.24, 2.45) is 0 Å². The van der Waals surface area contributed by atoms with Crippen molar-refractivity contribution < 1.29 is 64.1 Å². The van der Waals surface area contributed by atoms with Crippen molar-refractivity contribution in [2.75, 3.05) is 0 Å². The van der Waals surface area contributed by atoms with Crippen molar-refractivity contribution >= 4 is 35.8 Å². The molecule has 0 aliphatic carbocycles. The Hall–Kier alpha value is -6.50. The van der Waals surface area contributed by atoms with Crippen molar-refractivity contribution in [3.8, 4) is 33.8 Å². The van der Waals surface area contributed by atoms with Crippen LogP contribution in [-0.4, -0.2) is 66.5 Å². The maximum absolute atomic E-state index is 12.2.